The minimum absolute atomic E-state index is 0. The average molecular weight is 510 g/mol. The normalized spacial score (nSPS) is 12.6. The molecular weight excluding hydrogens is 477 g/mol. The number of rotatable bonds is 10. The molecule has 0 aliphatic carbocycles. The SMILES string of the molecule is C.CCSCc1ccc([C@@H](Oc2ccc3c(cnn3-c3ccc(F)cc3)c2)[C@H](C)NC(=O)CO)cc1. The average Bonchev–Trinajstić information content (AvgIpc) is 3.30. The van der Waals surface area contributed by atoms with E-state index in [0.29, 0.717) is 5.75 Å². The van der Waals surface area contributed by atoms with E-state index < -0.39 is 18.6 Å². The number of ether oxygens (including phenoxy) is 1. The maximum Gasteiger partial charge on any atom is 0.246 e. The van der Waals surface area contributed by atoms with Gasteiger partial charge in [-0.1, -0.05) is 38.6 Å². The smallest absolute Gasteiger partial charge is 0.246 e. The van der Waals surface area contributed by atoms with E-state index >= 15 is 0 Å². The molecule has 0 unspecified atom stereocenters. The molecule has 3 aromatic carbocycles. The molecule has 0 saturated carbocycles. The number of aromatic nitrogens is 2. The monoisotopic (exact) mass is 509 g/mol. The van der Waals surface area contributed by atoms with Crippen LogP contribution in [0.25, 0.3) is 16.6 Å². The Bertz CT molecular complexity index is 1280. The Balaban J connectivity index is 0.00000361. The van der Waals surface area contributed by atoms with Crippen molar-refractivity contribution in [3.8, 4) is 11.4 Å². The Labute approximate surface area is 215 Å². The number of fused-ring (bicyclic) bond motifs is 1. The summed E-state index contributed by atoms with van der Waals surface area (Å²) in [4.78, 5) is 11.9. The Hall–Kier alpha value is -3.36. The highest BCUT2D eigenvalue weighted by Gasteiger charge is 2.23. The molecule has 2 N–H and O–H groups in total. The van der Waals surface area contributed by atoms with Crippen molar-refractivity contribution in [1.82, 2.24) is 15.1 Å². The molecule has 190 valence electrons. The minimum Gasteiger partial charge on any atom is -0.484 e. The lowest BCUT2D eigenvalue weighted by atomic mass is 10.0. The van der Waals surface area contributed by atoms with Crippen LogP contribution in [-0.4, -0.2) is 39.2 Å². The summed E-state index contributed by atoms with van der Waals surface area (Å²) in [5.41, 5.74) is 3.76. The Kier molecular flexibility index (Phi) is 9.50. The summed E-state index contributed by atoms with van der Waals surface area (Å²) in [5.74, 6) is 1.85. The highest BCUT2D eigenvalue weighted by Crippen LogP contribution is 2.29. The fourth-order valence-electron chi connectivity index (χ4n) is 3.88. The molecule has 36 heavy (non-hydrogen) atoms. The van der Waals surface area contributed by atoms with Gasteiger partial charge >= 0.3 is 0 Å². The van der Waals surface area contributed by atoms with Gasteiger partial charge in [-0.25, -0.2) is 9.07 Å². The molecule has 0 aliphatic rings. The standard InChI is InChI=1S/C27H28FN3O3S.CH4/c1-3-35-17-19-4-6-20(7-5-19)27(18(2)30-26(33)16-32)34-24-12-13-25-21(14-24)15-29-31(25)23-10-8-22(28)9-11-23;/h4-15,18,27,32H,3,16-17H2,1-2H3,(H,30,33);1H4/t18-,27-;/m0./s1. The lowest BCUT2D eigenvalue weighted by Crippen LogP contribution is -2.40. The second-order valence-electron chi connectivity index (χ2n) is 8.18. The van der Waals surface area contributed by atoms with Gasteiger partial charge in [0.2, 0.25) is 5.91 Å². The maximum atomic E-state index is 13.3. The van der Waals surface area contributed by atoms with E-state index in [1.165, 1.54) is 17.7 Å². The van der Waals surface area contributed by atoms with Crippen molar-refractivity contribution in [3.63, 3.8) is 0 Å². The van der Waals surface area contributed by atoms with E-state index in [0.717, 1.165) is 33.7 Å². The molecular formula is C28H32FN3O3S. The quantitative estimate of drug-likeness (QED) is 0.288. The van der Waals surface area contributed by atoms with Crippen LogP contribution >= 0.6 is 11.8 Å². The zero-order chi connectivity index (χ0) is 24.8. The van der Waals surface area contributed by atoms with Crippen LogP contribution in [0.4, 0.5) is 4.39 Å². The number of carbonyl (C=O) groups is 1. The molecule has 1 amide bonds. The summed E-state index contributed by atoms with van der Waals surface area (Å²) in [5, 5.41) is 17.3. The van der Waals surface area contributed by atoms with Crippen molar-refractivity contribution < 1.29 is 19.0 Å². The summed E-state index contributed by atoms with van der Waals surface area (Å²) in [6.45, 7) is 3.40. The third-order valence-corrected chi connectivity index (χ3v) is 6.59. The topological polar surface area (TPSA) is 76.4 Å². The fourth-order valence-corrected chi connectivity index (χ4v) is 4.51. The molecule has 0 fully saturated rings. The summed E-state index contributed by atoms with van der Waals surface area (Å²) < 4.78 is 21.4. The Morgan fingerprint density at radius 2 is 1.86 bits per heavy atom. The Morgan fingerprint density at radius 1 is 1.14 bits per heavy atom. The molecule has 8 heteroatoms. The fraction of sp³-hybridized carbons (Fsp3) is 0.286. The van der Waals surface area contributed by atoms with Crippen LogP contribution in [0.3, 0.4) is 0 Å². The number of thioether (sulfide) groups is 1. The van der Waals surface area contributed by atoms with Crippen LogP contribution in [0, 0.1) is 5.82 Å². The predicted octanol–water partition coefficient (Wildman–Crippen LogP) is 5.67. The molecule has 2 atom stereocenters. The van der Waals surface area contributed by atoms with Crippen LogP contribution in [0.15, 0.2) is 72.9 Å². The largest absolute Gasteiger partial charge is 0.484 e. The maximum absolute atomic E-state index is 13.3. The molecule has 6 nitrogen and oxygen atoms in total. The predicted molar refractivity (Wildman–Crippen MR) is 144 cm³/mol. The van der Waals surface area contributed by atoms with E-state index in [9.17, 15) is 14.3 Å². The van der Waals surface area contributed by atoms with Crippen molar-refractivity contribution in [1.29, 1.82) is 0 Å². The molecule has 0 radical (unpaired) electrons. The van der Waals surface area contributed by atoms with E-state index in [1.54, 1.807) is 23.0 Å². The molecule has 0 aliphatic heterocycles. The summed E-state index contributed by atoms with van der Waals surface area (Å²) in [7, 11) is 0. The highest BCUT2D eigenvalue weighted by molar-refractivity contribution is 7.98. The molecule has 0 saturated heterocycles. The van der Waals surface area contributed by atoms with Crippen molar-refractivity contribution in [2.45, 2.75) is 39.2 Å². The number of aliphatic hydroxyl groups excluding tert-OH is 1. The van der Waals surface area contributed by atoms with E-state index in [-0.39, 0.29) is 19.3 Å². The van der Waals surface area contributed by atoms with Gasteiger partial charge in [-0.3, -0.25) is 4.79 Å². The molecule has 4 rings (SSSR count). The zero-order valence-electron chi connectivity index (χ0n) is 19.6. The number of benzene rings is 3. The first-order valence-corrected chi connectivity index (χ1v) is 12.6. The number of nitrogens with one attached hydrogen (secondary N) is 1. The number of nitrogens with zero attached hydrogens (tertiary/aromatic N) is 2. The van der Waals surface area contributed by atoms with Gasteiger partial charge in [0.05, 0.1) is 23.4 Å². The third-order valence-electron chi connectivity index (χ3n) is 5.64. The van der Waals surface area contributed by atoms with E-state index in [1.807, 2.05) is 49.0 Å². The molecule has 1 heterocycles. The van der Waals surface area contributed by atoms with Crippen molar-refractivity contribution in [2.24, 2.45) is 0 Å². The van der Waals surface area contributed by atoms with E-state index in [2.05, 4.69) is 29.5 Å². The first kappa shape index (κ1) is 27.2. The highest BCUT2D eigenvalue weighted by atomic mass is 32.2. The lowest BCUT2D eigenvalue weighted by molar-refractivity contribution is -0.125. The van der Waals surface area contributed by atoms with Crippen molar-refractivity contribution in [3.05, 3.63) is 89.9 Å². The van der Waals surface area contributed by atoms with Gasteiger partial charge in [-0.15, -0.1) is 0 Å². The first-order chi connectivity index (χ1) is 17.0. The van der Waals surface area contributed by atoms with Crippen LogP contribution < -0.4 is 10.1 Å². The summed E-state index contributed by atoms with van der Waals surface area (Å²) in [6.07, 6.45) is 1.26. The van der Waals surface area contributed by atoms with Crippen LogP contribution in [0.5, 0.6) is 5.75 Å². The van der Waals surface area contributed by atoms with Gasteiger partial charge in [0.15, 0.2) is 0 Å². The van der Waals surface area contributed by atoms with Crippen LogP contribution in [0.1, 0.15) is 38.5 Å². The second-order valence-corrected chi connectivity index (χ2v) is 9.46. The van der Waals surface area contributed by atoms with Gasteiger partial charge in [0.25, 0.3) is 0 Å². The van der Waals surface area contributed by atoms with E-state index in [4.69, 9.17) is 4.74 Å². The summed E-state index contributed by atoms with van der Waals surface area (Å²) in [6, 6.07) is 19.6. The van der Waals surface area contributed by atoms with Gasteiger partial charge < -0.3 is 15.2 Å². The molecule has 4 aromatic rings. The first-order valence-electron chi connectivity index (χ1n) is 11.5. The zero-order valence-corrected chi connectivity index (χ0v) is 20.5. The minimum atomic E-state index is -0.585. The van der Waals surface area contributed by atoms with Crippen molar-refractivity contribution >= 4 is 28.6 Å². The van der Waals surface area contributed by atoms with Crippen molar-refractivity contribution in [2.75, 3.05) is 12.4 Å². The van der Waals surface area contributed by atoms with Gasteiger partial charge in [0.1, 0.15) is 24.3 Å². The molecule has 0 bridgehead atoms. The molecule has 0 spiro atoms. The third kappa shape index (κ3) is 6.44. The van der Waals surface area contributed by atoms with Crippen LogP contribution in [-0.2, 0) is 10.5 Å². The van der Waals surface area contributed by atoms with Gasteiger partial charge in [-0.05, 0) is 66.3 Å². The lowest BCUT2D eigenvalue weighted by Gasteiger charge is -2.26. The number of hydrogen-bond acceptors (Lipinski definition) is 5. The summed E-state index contributed by atoms with van der Waals surface area (Å²) >= 11 is 1.86. The second kappa shape index (κ2) is 12.6. The molecule has 1 aromatic heterocycles. The van der Waals surface area contributed by atoms with Crippen LogP contribution in [0.2, 0.25) is 0 Å². The number of halogens is 1. The number of hydrogen-bond donors (Lipinski definition) is 2. The number of aliphatic hydroxyl groups is 1. The Morgan fingerprint density at radius 3 is 2.53 bits per heavy atom. The number of carbonyl (C=O) groups excluding carboxylic acids is 1. The van der Waals surface area contributed by atoms with Gasteiger partial charge in [0, 0.05) is 11.1 Å². The van der Waals surface area contributed by atoms with Gasteiger partial charge in [-0.2, -0.15) is 16.9 Å². The number of amides is 1.